The zero-order valence-electron chi connectivity index (χ0n) is 14.6. The first-order valence-corrected chi connectivity index (χ1v) is 9.65. The van der Waals surface area contributed by atoms with Crippen molar-refractivity contribution in [2.75, 3.05) is 13.1 Å². The Morgan fingerprint density at radius 2 is 2.27 bits per heavy atom. The summed E-state index contributed by atoms with van der Waals surface area (Å²) in [5.74, 6) is 2.49. The fraction of sp³-hybridized carbons (Fsp3) is 0.500. The lowest BCUT2D eigenvalue weighted by Crippen LogP contribution is -2.33. The average molecular weight is 395 g/mol. The summed E-state index contributed by atoms with van der Waals surface area (Å²) >= 11 is 1.52. The number of hydrogen-bond acceptors (Lipinski definition) is 6. The highest BCUT2D eigenvalue weighted by molar-refractivity contribution is 7.98. The predicted molar refractivity (Wildman–Crippen MR) is 102 cm³/mol. The number of aryl methyl sites for hydroxylation is 1. The molecule has 2 fully saturated rings. The highest BCUT2D eigenvalue weighted by atomic mass is 35.5. The van der Waals surface area contributed by atoms with Gasteiger partial charge >= 0.3 is 0 Å². The van der Waals surface area contributed by atoms with E-state index in [-0.39, 0.29) is 24.4 Å². The molecule has 2 N–H and O–H groups in total. The summed E-state index contributed by atoms with van der Waals surface area (Å²) in [6.07, 6.45) is 3.94. The van der Waals surface area contributed by atoms with Crippen molar-refractivity contribution in [1.29, 1.82) is 0 Å². The molecule has 3 atom stereocenters. The van der Waals surface area contributed by atoms with Gasteiger partial charge in [0.05, 0.1) is 11.3 Å². The maximum absolute atomic E-state index is 13.0. The molecule has 0 radical (unpaired) electrons. The molecule has 2 aromatic heterocycles. The van der Waals surface area contributed by atoms with Crippen LogP contribution in [0.15, 0.2) is 33.9 Å². The number of carbonyl (C=O) groups is 1. The number of thioether (sulfide) groups is 1. The number of amides is 1. The third kappa shape index (κ3) is 3.75. The molecule has 0 bridgehead atoms. The molecule has 0 aromatic carbocycles. The number of hydrogen-bond donors (Lipinski definition) is 1. The summed E-state index contributed by atoms with van der Waals surface area (Å²) in [7, 11) is 0. The number of rotatable bonds is 4. The summed E-state index contributed by atoms with van der Waals surface area (Å²) in [4.78, 5) is 19.4. The van der Waals surface area contributed by atoms with Crippen LogP contribution in [0.1, 0.15) is 34.7 Å². The normalized spacial score (nSPS) is 24.4. The second-order valence-electron chi connectivity index (χ2n) is 6.95. The lowest BCUT2D eigenvalue weighted by atomic mass is 9.98. The van der Waals surface area contributed by atoms with Crippen LogP contribution in [0.2, 0.25) is 0 Å². The third-order valence-corrected chi connectivity index (χ3v) is 6.27. The van der Waals surface area contributed by atoms with E-state index in [1.165, 1.54) is 11.8 Å². The molecule has 8 heteroatoms. The van der Waals surface area contributed by atoms with Gasteiger partial charge in [0, 0.05) is 37.1 Å². The van der Waals surface area contributed by atoms with Crippen LogP contribution < -0.4 is 5.73 Å². The first-order chi connectivity index (χ1) is 12.1. The van der Waals surface area contributed by atoms with Crippen molar-refractivity contribution < 1.29 is 9.32 Å². The van der Waals surface area contributed by atoms with E-state index in [0.717, 1.165) is 42.4 Å². The number of nitrogens with zero attached hydrogens (tertiary/aromatic N) is 3. The van der Waals surface area contributed by atoms with E-state index in [0.29, 0.717) is 23.2 Å². The summed E-state index contributed by atoms with van der Waals surface area (Å²) in [5.41, 5.74) is 7.72. The van der Waals surface area contributed by atoms with Crippen LogP contribution in [-0.2, 0) is 5.75 Å². The molecule has 3 heterocycles. The van der Waals surface area contributed by atoms with E-state index >= 15 is 0 Å². The standard InChI is InChI=1S/C18H22N4O2S.ClH/c1-11-7-13(21-24-11)10-25-17-14(3-2-6-20-17)18(23)22-8-12-4-5-16(19)15(12)9-22;/h2-3,6-7,12,15-16H,4-5,8-10,19H2,1H3;1H. The molecule has 2 aromatic rings. The molecule has 1 aliphatic heterocycles. The molecule has 4 rings (SSSR count). The number of pyridine rings is 1. The van der Waals surface area contributed by atoms with Gasteiger partial charge < -0.3 is 15.2 Å². The Morgan fingerprint density at radius 3 is 3.00 bits per heavy atom. The number of likely N-dealkylation sites (tertiary alicyclic amines) is 1. The summed E-state index contributed by atoms with van der Waals surface area (Å²) in [5, 5.41) is 4.74. The van der Waals surface area contributed by atoms with Gasteiger partial charge in [-0.1, -0.05) is 16.9 Å². The molecule has 1 saturated heterocycles. The van der Waals surface area contributed by atoms with Crippen molar-refractivity contribution in [3.05, 3.63) is 41.4 Å². The Bertz CT molecular complexity index is 784. The van der Waals surface area contributed by atoms with Gasteiger partial charge in [-0.15, -0.1) is 12.4 Å². The Labute approximate surface area is 163 Å². The average Bonchev–Trinajstić information content (AvgIpc) is 3.31. The minimum absolute atomic E-state index is 0. The summed E-state index contributed by atoms with van der Waals surface area (Å²) in [6, 6.07) is 5.82. The van der Waals surface area contributed by atoms with E-state index in [2.05, 4.69) is 10.1 Å². The maximum atomic E-state index is 13.0. The number of nitrogens with two attached hydrogens (primary N) is 1. The van der Waals surface area contributed by atoms with Gasteiger partial charge in [-0.05, 0) is 43.7 Å². The van der Waals surface area contributed by atoms with Crippen molar-refractivity contribution in [2.45, 2.75) is 36.6 Å². The van der Waals surface area contributed by atoms with Crippen molar-refractivity contribution in [2.24, 2.45) is 17.6 Å². The van der Waals surface area contributed by atoms with Crippen molar-refractivity contribution >= 4 is 30.1 Å². The zero-order valence-corrected chi connectivity index (χ0v) is 16.3. The topological polar surface area (TPSA) is 85.2 Å². The van der Waals surface area contributed by atoms with Crippen molar-refractivity contribution in [1.82, 2.24) is 15.0 Å². The fourth-order valence-corrected chi connectivity index (χ4v) is 4.81. The van der Waals surface area contributed by atoms with Gasteiger partial charge in [-0.3, -0.25) is 4.79 Å². The molecule has 0 spiro atoms. The van der Waals surface area contributed by atoms with E-state index in [9.17, 15) is 4.79 Å². The first-order valence-electron chi connectivity index (χ1n) is 8.66. The van der Waals surface area contributed by atoms with Crippen LogP contribution in [0, 0.1) is 18.8 Å². The molecular formula is C18H23ClN4O2S. The van der Waals surface area contributed by atoms with Gasteiger partial charge in [0.1, 0.15) is 10.8 Å². The number of halogens is 1. The largest absolute Gasteiger partial charge is 0.361 e. The van der Waals surface area contributed by atoms with Crippen molar-refractivity contribution in [3.63, 3.8) is 0 Å². The molecular weight excluding hydrogens is 372 g/mol. The lowest BCUT2D eigenvalue weighted by Gasteiger charge is -2.19. The third-order valence-electron chi connectivity index (χ3n) is 5.23. The smallest absolute Gasteiger partial charge is 0.256 e. The first kappa shape index (κ1) is 19.2. The SMILES string of the molecule is Cc1cc(CSc2ncccc2C(=O)N2CC3CCC(N)C3C2)no1.Cl. The molecule has 1 saturated carbocycles. The lowest BCUT2D eigenvalue weighted by molar-refractivity contribution is 0.0775. The quantitative estimate of drug-likeness (QED) is 0.802. The molecule has 1 amide bonds. The Balaban J connectivity index is 0.00000196. The van der Waals surface area contributed by atoms with Crippen LogP contribution in [0.25, 0.3) is 0 Å². The molecule has 140 valence electrons. The van der Waals surface area contributed by atoms with Crippen LogP contribution >= 0.6 is 24.2 Å². The molecule has 2 aliphatic rings. The van der Waals surface area contributed by atoms with Crippen LogP contribution in [0.5, 0.6) is 0 Å². The van der Waals surface area contributed by atoms with Crippen LogP contribution in [-0.4, -0.2) is 40.1 Å². The highest BCUT2D eigenvalue weighted by Crippen LogP contribution is 2.38. The maximum Gasteiger partial charge on any atom is 0.256 e. The van der Waals surface area contributed by atoms with E-state index in [1.54, 1.807) is 6.20 Å². The van der Waals surface area contributed by atoms with Crippen LogP contribution in [0.4, 0.5) is 0 Å². The minimum atomic E-state index is 0. The fourth-order valence-electron chi connectivity index (χ4n) is 3.94. The monoisotopic (exact) mass is 394 g/mol. The van der Waals surface area contributed by atoms with Crippen molar-refractivity contribution in [3.8, 4) is 0 Å². The predicted octanol–water partition coefficient (Wildman–Crippen LogP) is 2.90. The van der Waals surface area contributed by atoms with Gasteiger partial charge in [-0.25, -0.2) is 4.98 Å². The molecule has 3 unspecified atom stereocenters. The van der Waals surface area contributed by atoms with E-state index in [4.69, 9.17) is 10.3 Å². The minimum Gasteiger partial charge on any atom is -0.361 e. The second-order valence-corrected chi connectivity index (χ2v) is 7.91. The number of carbonyl (C=O) groups excluding carboxylic acids is 1. The molecule has 26 heavy (non-hydrogen) atoms. The molecule has 6 nitrogen and oxygen atoms in total. The van der Waals surface area contributed by atoms with E-state index < -0.39 is 0 Å². The second kappa shape index (κ2) is 7.98. The van der Waals surface area contributed by atoms with Gasteiger partial charge in [0.2, 0.25) is 0 Å². The Kier molecular flexibility index (Phi) is 5.89. The van der Waals surface area contributed by atoms with Gasteiger partial charge in [0.25, 0.3) is 5.91 Å². The Hall–Kier alpha value is -1.57. The number of aromatic nitrogens is 2. The summed E-state index contributed by atoms with van der Waals surface area (Å²) in [6.45, 7) is 3.46. The Morgan fingerprint density at radius 1 is 1.42 bits per heavy atom. The van der Waals surface area contributed by atoms with Crippen LogP contribution in [0.3, 0.4) is 0 Å². The van der Waals surface area contributed by atoms with E-state index in [1.807, 2.05) is 30.0 Å². The molecule has 1 aliphatic carbocycles. The zero-order chi connectivity index (χ0) is 17.4. The van der Waals surface area contributed by atoms with Gasteiger partial charge in [-0.2, -0.15) is 0 Å². The van der Waals surface area contributed by atoms with Gasteiger partial charge in [0.15, 0.2) is 0 Å². The highest BCUT2D eigenvalue weighted by Gasteiger charge is 2.42. The number of fused-ring (bicyclic) bond motifs is 1. The summed E-state index contributed by atoms with van der Waals surface area (Å²) < 4.78 is 5.09.